The summed E-state index contributed by atoms with van der Waals surface area (Å²) in [7, 11) is 0. The number of aromatic hydroxyl groups is 1. The van der Waals surface area contributed by atoms with Crippen LogP contribution in [0.1, 0.15) is 5.56 Å². The highest BCUT2D eigenvalue weighted by Gasteiger charge is 2.02. The molecule has 0 aliphatic heterocycles. The van der Waals surface area contributed by atoms with Gasteiger partial charge >= 0.3 is 0 Å². The van der Waals surface area contributed by atoms with Gasteiger partial charge in [0.2, 0.25) is 0 Å². The lowest BCUT2D eigenvalue weighted by molar-refractivity contribution is 0.475. The van der Waals surface area contributed by atoms with Crippen molar-refractivity contribution in [2.45, 2.75) is 6.54 Å². The lowest BCUT2D eigenvalue weighted by Gasteiger charge is -2.01. The second kappa shape index (κ2) is 3.94. The van der Waals surface area contributed by atoms with E-state index in [0.717, 1.165) is 10.0 Å². The molecule has 0 amide bonds. The highest BCUT2D eigenvalue weighted by atomic mass is 79.9. The minimum Gasteiger partial charge on any atom is -0.508 e. The second-order valence-electron chi connectivity index (χ2n) is 3.23. The van der Waals surface area contributed by atoms with Crippen molar-refractivity contribution in [3.8, 4) is 5.75 Å². The normalized spacial score (nSPS) is 10.5. The molecule has 0 saturated carbocycles. The number of halogens is 1. The summed E-state index contributed by atoms with van der Waals surface area (Å²) < 4.78 is 2.53. The maximum atomic E-state index is 9.12. The maximum Gasteiger partial charge on any atom is 0.159 e. The van der Waals surface area contributed by atoms with E-state index in [9.17, 15) is 0 Å². The van der Waals surface area contributed by atoms with Gasteiger partial charge in [0.05, 0.1) is 11.0 Å². The molecule has 78 valence electrons. The predicted octanol–water partition coefficient (Wildman–Crippen LogP) is 1.98. The Balaban J connectivity index is 2.18. The largest absolute Gasteiger partial charge is 0.508 e. The molecule has 0 aliphatic carbocycles. The van der Waals surface area contributed by atoms with Crippen LogP contribution in [0.25, 0.3) is 0 Å². The molecule has 0 saturated heterocycles. The quantitative estimate of drug-likeness (QED) is 0.875. The number of aromatic nitrogens is 2. The van der Waals surface area contributed by atoms with E-state index in [1.807, 2.05) is 18.3 Å². The number of benzene rings is 1. The van der Waals surface area contributed by atoms with Crippen LogP contribution in [0.5, 0.6) is 5.75 Å². The molecule has 1 heterocycles. The van der Waals surface area contributed by atoms with Crippen LogP contribution in [-0.2, 0) is 6.54 Å². The van der Waals surface area contributed by atoms with Crippen LogP contribution in [-0.4, -0.2) is 14.9 Å². The van der Waals surface area contributed by atoms with Gasteiger partial charge in [-0.05, 0) is 33.6 Å². The van der Waals surface area contributed by atoms with E-state index in [1.54, 1.807) is 16.8 Å². The van der Waals surface area contributed by atoms with Crippen molar-refractivity contribution >= 4 is 21.7 Å². The number of phenols is 1. The van der Waals surface area contributed by atoms with Crippen molar-refractivity contribution in [3.63, 3.8) is 0 Å². The monoisotopic (exact) mass is 267 g/mol. The van der Waals surface area contributed by atoms with E-state index in [-0.39, 0.29) is 5.75 Å². The number of nitrogens with two attached hydrogens (primary N) is 1. The zero-order valence-corrected chi connectivity index (χ0v) is 9.48. The molecule has 0 spiro atoms. The van der Waals surface area contributed by atoms with E-state index in [1.165, 1.54) is 0 Å². The summed E-state index contributed by atoms with van der Waals surface area (Å²) in [6.45, 7) is 0.635. The van der Waals surface area contributed by atoms with Gasteiger partial charge < -0.3 is 10.8 Å². The van der Waals surface area contributed by atoms with Gasteiger partial charge in [0.1, 0.15) is 5.75 Å². The molecule has 0 bridgehead atoms. The third-order valence-corrected chi connectivity index (χ3v) is 2.64. The summed E-state index contributed by atoms with van der Waals surface area (Å²) in [6.07, 6.45) is 1.82. The number of hydrogen-bond donors (Lipinski definition) is 2. The Bertz CT molecular complexity index is 445. The van der Waals surface area contributed by atoms with E-state index in [2.05, 4.69) is 21.0 Å². The summed E-state index contributed by atoms with van der Waals surface area (Å²) >= 11 is 3.29. The minimum atomic E-state index is 0.264. The van der Waals surface area contributed by atoms with E-state index in [0.29, 0.717) is 12.4 Å². The topological polar surface area (TPSA) is 64.1 Å². The van der Waals surface area contributed by atoms with Crippen LogP contribution in [0.15, 0.2) is 34.9 Å². The van der Waals surface area contributed by atoms with Gasteiger partial charge in [-0.2, -0.15) is 5.10 Å². The minimum absolute atomic E-state index is 0.264. The first-order valence-corrected chi connectivity index (χ1v) is 5.21. The smallest absolute Gasteiger partial charge is 0.159 e. The van der Waals surface area contributed by atoms with Crippen LogP contribution in [0.3, 0.4) is 0 Å². The Morgan fingerprint density at radius 2 is 2.00 bits per heavy atom. The standard InChI is InChI=1S/C10H10BrN3O/c11-9-6-14(13-10(9)12)5-7-1-3-8(15)4-2-7/h1-4,6,15H,5H2,(H2,12,13). The van der Waals surface area contributed by atoms with Crippen molar-refractivity contribution in [2.75, 3.05) is 5.73 Å². The van der Waals surface area contributed by atoms with Gasteiger partial charge in [-0.1, -0.05) is 12.1 Å². The van der Waals surface area contributed by atoms with Crippen LogP contribution in [0, 0.1) is 0 Å². The van der Waals surface area contributed by atoms with Crippen LogP contribution in [0.4, 0.5) is 5.82 Å². The number of nitrogen functional groups attached to an aromatic ring is 1. The summed E-state index contributed by atoms with van der Waals surface area (Å²) in [5.74, 6) is 0.744. The molecule has 0 fully saturated rings. The Hall–Kier alpha value is -1.49. The van der Waals surface area contributed by atoms with Gasteiger partial charge in [0, 0.05) is 6.20 Å². The van der Waals surface area contributed by atoms with Crippen molar-refractivity contribution in [3.05, 3.63) is 40.5 Å². The fraction of sp³-hybridized carbons (Fsp3) is 0.100. The van der Waals surface area contributed by atoms with Gasteiger partial charge in [0.15, 0.2) is 5.82 Å². The zero-order chi connectivity index (χ0) is 10.8. The highest BCUT2D eigenvalue weighted by Crippen LogP contribution is 2.17. The number of hydrogen-bond acceptors (Lipinski definition) is 3. The number of rotatable bonds is 2. The Morgan fingerprint density at radius 1 is 1.33 bits per heavy atom. The van der Waals surface area contributed by atoms with Crippen molar-refractivity contribution in [1.29, 1.82) is 0 Å². The maximum absolute atomic E-state index is 9.12. The molecule has 2 aromatic rings. The highest BCUT2D eigenvalue weighted by molar-refractivity contribution is 9.10. The first-order chi connectivity index (χ1) is 7.15. The molecule has 5 heteroatoms. The average molecular weight is 268 g/mol. The molecule has 0 unspecified atom stereocenters. The first kappa shape index (κ1) is 10.0. The Kier molecular flexibility index (Phi) is 2.64. The number of phenolic OH excluding ortho intramolecular Hbond substituents is 1. The van der Waals surface area contributed by atoms with Crippen molar-refractivity contribution < 1.29 is 5.11 Å². The van der Waals surface area contributed by atoms with E-state index in [4.69, 9.17) is 10.8 Å². The third kappa shape index (κ3) is 2.30. The van der Waals surface area contributed by atoms with E-state index >= 15 is 0 Å². The molecule has 3 N–H and O–H groups in total. The molecule has 15 heavy (non-hydrogen) atoms. The summed E-state index contributed by atoms with van der Waals surface area (Å²) in [5.41, 5.74) is 6.66. The molecule has 1 aromatic carbocycles. The summed E-state index contributed by atoms with van der Waals surface area (Å²) in [6, 6.07) is 7.00. The summed E-state index contributed by atoms with van der Waals surface area (Å²) in [4.78, 5) is 0. The molecule has 1 aromatic heterocycles. The molecule has 0 atom stereocenters. The molecule has 4 nitrogen and oxygen atoms in total. The fourth-order valence-corrected chi connectivity index (χ4v) is 1.60. The lowest BCUT2D eigenvalue weighted by atomic mass is 10.2. The lowest BCUT2D eigenvalue weighted by Crippen LogP contribution is -2.00. The molecular formula is C10H10BrN3O. The van der Waals surface area contributed by atoms with Gasteiger partial charge in [-0.25, -0.2) is 0 Å². The molecule has 2 rings (SSSR count). The van der Waals surface area contributed by atoms with Crippen LogP contribution < -0.4 is 5.73 Å². The van der Waals surface area contributed by atoms with E-state index < -0.39 is 0 Å². The zero-order valence-electron chi connectivity index (χ0n) is 7.89. The second-order valence-corrected chi connectivity index (χ2v) is 4.08. The summed E-state index contributed by atoms with van der Waals surface area (Å²) in [5, 5.41) is 13.2. The molecule has 0 radical (unpaired) electrons. The van der Waals surface area contributed by atoms with Crippen LogP contribution >= 0.6 is 15.9 Å². The van der Waals surface area contributed by atoms with Crippen molar-refractivity contribution in [2.24, 2.45) is 0 Å². The Labute approximate surface area is 95.5 Å². The average Bonchev–Trinajstić information content (AvgIpc) is 2.50. The van der Waals surface area contributed by atoms with Crippen molar-refractivity contribution in [1.82, 2.24) is 9.78 Å². The number of anilines is 1. The molecular weight excluding hydrogens is 258 g/mol. The van der Waals surface area contributed by atoms with Crippen LogP contribution in [0.2, 0.25) is 0 Å². The third-order valence-electron chi connectivity index (χ3n) is 2.02. The number of nitrogens with zero attached hydrogens (tertiary/aromatic N) is 2. The van der Waals surface area contributed by atoms with Gasteiger partial charge in [-0.3, -0.25) is 4.68 Å². The molecule has 0 aliphatic rings. The SMILES string of the molecule is Nc1nn(Cc2ccc(O)cc2)cc1Br. The van der Waals surface area contributed by atoms with Gasteiger partial charge in [-0.15, -0.1) is 0 Å². The van der Waals surface area contributed by atoms with Gasteiger partial charge in [0.25, 0.3) is 0 Å². The fourth-order valence-electron chi connectivity index (χ4n) is 1.28. The Morgan fingerprint density at radius 3 is 2.53 bits per heavy atom. The first-order valence-electron chi connectivity index (χ1n) is 4.41. The predicted molar refractivity (Wildman–Crippen MR) is 61.5 cm³/mol.